The molecule has 0 fully saturated rings. The molecule has 1 unspecified atom stereocenters. The smallest absolute Gasteiger partial charge is 0.123 e. The lowest BCUT2D eigenvalue weighted by molar-refractivity contribution is 0.626. The summed E-state index contributed by atoms with van der Waals surface area (Å²) in [7, 11) is 0. The monoisotopic (exact) mass is 250 g/mol. The van der Waals surface area contributed by atoms with Gasteiger partial charge in [0.15, 0.2) is 0 Å². The molecule has 0 saturated carbocycles. The number of rotatable bonds is 4. The number of halogens is 1. The van der Waals surface area contributed by atoms with Crippen LogP contribution in [0.15, 0.2) is 60.7 Å². The molecule has 0 aromatic heterocycles. The van der Waals surface area contributed by atoms with Gasteiger partial charge in [-0.25, -0.2) is 4.39 Å². The van der Waals surface area contributed by atoms with Crippen molar-refractivity contribution in [2.45, 2.75) is 12.3 Å². The highest BCUT2D eigenvalue weighted by molar-refractivity contribution is 5.50. The second-order valence-corrected chi connectivity index (χ2v) is 4.34. The number of allylic oxidation sites excluding steroid dienone is 1. The van der Waals surface area contributed by atoms with Gasteiger partial charge in [-0.2, -0.15) is 0 Å². The fourth-order valence-corrected chi connectivity index (χ4v) is 1.93. The number of hydrogen-bond donors (Lipinski definition) is 0. The normalized spacial score (nSPS) is 12.2. The Hall–Kier alpha value is -2.33. The maximum Gasteiger partial charge on any atom is 0.123 e. The summed E-state index contributed by atoms with van der Waals surface area (Å²) in [6.45, 7) is 0. The summed E-state index contributed by atoms with van der Waals surface area (Å²) < 4.78 is 12.9. The van der Waals surface area contributed by atoms with Gasteiger partial charge in [0.2, 0.25) is 0 Å². The molecule has 0 aliphatic heterocycles. The first-order chi connectivity index (χ1) is 9.29. The zero-order valence-corrected chi connectivity index (χ0v) is 10.6. The van der Waals surface area contributed by atoms with Crippen LogP contribution in [0.25, 0.3) is 6.08 Å². The average molecular weight is 250 g/mol. The van der Waals surface area contributed by atoms with Gasteiger partial charge < -0.3 is 0 Å². The molecule has 0 spiro atoms. The highest BCUT2D eigenvalue weighted by atomic mass is 19.1. The fourth-order valence-electron chi connectivity index (χ4n) is 1.93. The number of terminal acetylenes is 1. The summed E-state index contributed by atoms with van der Waals surface area (Å²) in [5, 5.41) is 0. The van der Waals surface area contributed by atoms with Crippen molar-refractivity contribution in [3.05, 3.63) is 77.6 Å². The molecule has 1 heteroatoms. The van der Waals surface area contributed by atoms with E-state index in [4.69, 9.17) is 6.42 Å². The highest BCUT2D eigenvalue weighted by Gasteiger charge is 2.06. The Bertz CT molecular complexity index is 573. The number of benzene rings is 2. The van der Waals surface area contributed by atoms with Gasteiger partial charge in [0, 0.05) is 12.3 Å². The average Bonchev–Trinajstić information content (AvgIpc) is 2.46. The van der Waals surface area contributed by atoms with E-state index in [1.54, 1.807) is 12.1 Å². The van der Waals surface area contributed by atoms with E-state index in [0.29, 0.717) is 6.42 Å². The molecule has 0 aliphatic carbocycles. The van der Waals surface area contributed by atoms with Gasteiger partial charge in [0.25, 0.3) is 0 Å². The Kier molecular flexibility index (Phi) is 4.53. The molecule has 0 amide bonds. The Morgan fingerprint density at radius 2 is 1.74 bits per heavy atom. The van der Waals surface area contributed by atoms with Crippen molar-refractivity contribution in [1.82, 2.24) is 0 Å². The Morgan fingerprint density at radius 1 is 1.05 bits per heavy atom. The van der Waals surface area contributed by atoms with Gasteiger partial charge in [-0.1, -0.05) is 54.6 Å². The van der Waals surface area contributed by atoms with Crippen molar-refractivity contribution < 1.29 is 4.39 Å². The van der Waals surface area contributed by atoms with E-state index in [1.807, 2.05) is 36.4 Å². The molecule has 19 heavy (non-hydrogen) atoms. The van der Waals surface area contributed by atoms with Crippen LogP contribution in [0.4, 0.5) is 4.39 Å². The largest absolute Gasteiger partial charge is 0.207 e. The summed E-state index contributed by atoms with van der Waals surface area (Å²) >= 11 is 0. The number of hydrogen-bond acceptors (Lipinski definition) is 0. The predicted octanol–water partition coefficient (Wildman–Crippen LogP) is 4.65. The summed E-state index contributed by atoms with van der Waals surface area (Å²) in [6, 6.07) is 16.5. The Morgan fingerprint density at radius 3 is 2.37 bits per heavy atom. The molecule has 0 heterocycles. The molecule has 2 aromatic carbocycles. The van der Waals surface area contributed by atoms with E-state index in [2.05, 4.69) is 12.0 Å². The molecule has 0 radical (unpaired) electrons. The third-order valence-electron chi connectivity index (χ3n) is 2.96. The van der Waals surface area contributed by atoms with Crippen LogP contribution < -0.4 is 0 Å². The third kappa shape index (κ3) is 3.82. The molecular formula is C18H15F. The van der Waals surface area contributed by atoms with E-state index in [0.717, 1.165) is 11.1 Å². The van der Waals surface area contributed by atoms with E-state index in [-0.39, 0.29) is 11.7 Å². The molecular weight excluding hydrogens is 235 g/mol. The summed E-state index contributed by atoms with van der Waals surface area (Å²) in [6.07, 6.45) is 10.1. The van der Waals surface area contributed by atoms with Crippen LogP contribution in [0, 0.1) is 18.2 Å². The van der Waals surface area contributed by atoms with Crippen molar-refractivity contribution >= 4 is 6.08 Å². The van der Waals surface area contributed by atoms with Crippen LogP contribution in [0.1, 0.15) is 23.5 Å². The lowest BCUT2D eigenvalue weighted by Crippen LogP contribution is -1.94. The van der Waals surface area contributed by atoms with Crippen LogP contribution in [0.3, 0.4) is 0 Å². The van der Waals surface area contributed by atoms with E-state index < -0.39 is 0 Å². The minimum atomic E-state index is -0.227. The third-order valence-corrected chi connectivity index (χ3v) is 2.96. The quantitative estimate of drug-likeness (QED) is 0.693. The standard InChI is InChI=1S/C18H15F/c1-2-6-16(17-11-13-18(19)14-12-17)10-9-15-7-4-3-5-8-15/h1,3-5,7-14,16H,6H2. The molecule has 0 bridgehead atoms. The van der Waals surface area contributed by atoms with Crippen molar-refractivity contribution in [1.29, 1.82) is 0 Å². The van der Waals surface area contributed by atoms with Crippen molar-refractivity contribution in [2.24, 2.45) is 0 Å². The lowest BCUT2D eigenvalue weighted by Gasteiger charge is -2.09. The highest BCUT2D eigenvalue weighted by Crippen LogP contribution is 2.22. The fraction of sp³-hybridized carbons (Fsp3) is 0.111. The summed E-state index contributed by atoms with van der Waals surface area (Å²) in [4.78, 5) is 0. The lowest BCUT2D eigenvalue weighted by atomic mass is 9.95. The maximum atomic E-state index is 12.9. The summed E-state index contributed by atoms with van der Waals surface area (Å²) in [5.41, 5.74) is 2.16. The van der Waals surface area contributed by atoms with Gasteiger partial charge in [-0.15, -0.1) is 12.3 Å². The van der Waals surface area contributed by atoms with Crippen molar-refractivity contribution in [3.63, 3.8) is 0 Å². The van der Waals surface area contributed by atoms with Crippen LogP contribution in [-0.4, -0.2) is 0 Å². The summed E-state index contributed by atoms with van der Waals surface area (Å²) in [5.74, 6) is 2.56. The molecule has 0 aliphatic rings. The SMILES string of the molecule is C#CCC(C=Cc1ccccc1)c1ccc(F)cc1. The molecule has 0 N–H and O–H groups in total. The van der Waals surface area contributed by atoms with Gasteiger partial charge in [0.1, 0.15) is 5.82 Å². The first-order valence-corrected chi connectivity index (χ1v) is 6.22. The van der Waals surface area contributed by atoms with Gasteiger partial charge in [-0.3, -0.25) is 0 Å². The minimum absolute atomic E-state index is 0.116. The second-order valence-electron chi connectivity index (χ2n) is 4.34. The predicted molar refractivity (Wildman–Crippen MR) is 78.1 cm³/mol. The zero-order chi connectivity index (χ0) is 13.5. The Balaban J connectivity index is 2.19. The molecule has 94 valence electrons. The van der Waals surface area contributed by atoms with Crippen molar-refractivity contribution in [3.8, 4) is 12.3 Å². The van der Waals surface area contributed by atoms with Gasteiger partial charge in [0.05, 0.1) is 0 Å². The van der Waals surface area contributed by atoms with Gasteiger partial charge in [-0.05, 0) is 23.3 Å². The minimum Gasteiger partial charge on any atom is -0.207 e. The van der Waals surface area contributed by atoms with Crippen LogP contribution in [0.5, 0.6) is 0 Å². The van der Waals surface area contributed by atoms with Crippen LogP contribution in [0.2, 0.25) is 0 Å². The molecule has 1 atom stereocenters. The van der Waals surface area contributed by atoms with Crippen LogP contribution in [-0.2, 0) is 0 Å². The van der Waals surface area contributed by atoms with Crippen LogP contribution >= 0.6 is 0 Å². The first-order valence-electron chi connectivity index (χ1n) is 6.22. The van der Waals surface area contributed by atoms with E-state index >= 15 is 0 Å². The Labute approximate surface area is 113 Å². The van der Waals surface area contributed by atoms with Crippen molar-refractivity contribution in [2.75, 3.05) is 0 Å². The topological polar surface area (TPSA) is 0 Å². The molecule has 2 aromatic rings. The van der Waals surface area contributed by atoms with E-state index in [1.165, 1.54) is 12.1 Å². The maximum absolute atomic E-state index is 12.9. The van der Waals surface area contributed by atoms with Gasteiger partial charge >= 0.3 is 0 Å². The van der Waals surface area contributed by atoms with E-state index in [9.17, 15) is 4.39 Å². The zero-order valence-electron chi connectivity index (χ0n) is 10.6. The molecule has 0 nitrogen and oxygen atoms in total. The second kappa shape index (κ2) is 6.56. The first kappa shape index (κ1) is 13.1. The molecule has 2 rings (SSSR count). The molecule has 0 saturated heterocycles.